The number of hydrogen-bond acceptors (Lipinski definition) is 2. The Hall–Kier alpha value is -1.58. The van der Waals surface area contributed by atoms with Crippen LogP contribution in [0.4, 0.5) is 4.39 Å². The smallest absolute Gasteiger partial charge is 0.175 e. The van der Waals surface area contributed by atoms with Gasteiger partial charge in [0.25, 0.3) is 0 Å². The molecular formula is C16H11Cl2FO2. The molecule has 1 aliphatic rings. The number of phenols is 1. The van der Waals surface area contributed by atoms with E-state index in [9.17, 15) is 14.3 Å². The molecule has 3 rings (SSSR count). The first kappa shape index (κ1) is 14.4. The molecule has 0 unspecified atom stereocenters. The van der Waals surface area contributed by atoms with Crippen molar-refractivity contribution >= 4 is 29.0 Å². The van der Waals surface area contributed by atoms with Crippen LogP contribution in [0.2, 0.25) is 10.0 Å². The lowest BCUT2D eigenvalue weighted by molar-refractivity contribution is 0.0915. The number of benzene rings is 2. The van der Waals surface area contributed by atoms with E-state index in [1.54, 1.807) is 19.1 Å². The van der Waals surface area contributed by atoms with Crippen LogP contribution >= 0.6 is 23.2 Å². The van der Waals surface area contributed by atoms with Gasteiger partial charge in [-0.2, -0.15) is 0 Å². The van der Waals surface area contributed by atoms with Gasteiger partial charge in [0.2, 0.25) is 0 Å². The third-order valence-corrected chi connectivity index (χ3v) is 4.88. The highest BCUT2D eigenvalue weighted by molar-refractivity contribution is 6.45. The summed E-state index contributed by atoms with van der Waals surface area (Å²) in [5.41, 5.74) is 0.860. The zero-order chi connectivity index (χ0) is 15.4. The number of rotatable bonds is 1. The Morgan fingerprint density at radius 3 is 2.43 bits per heavy atom. The molecule has 1 N–H and O–H groups in total. The van der Waals surface area contributed by atoms with Gasteiger partial charge in [-0.15, -0.1) is 0 Å². The first-order chi connectivity index (χ1) is 9.84. The van der Waals surface area contributed by atoms with Crippen molar-refractivity contribution in [3.8, 4) is 5.75 Å². The molecule has 0 aromatic heterocycles. The normalized spacial score (nSPS) is 20.7. The van der Waals surface area contributed by atoms with E-state index in [4.69, 9.17) is 23.2 Å². The van der Waals surface area contributed by atoms with Crippen molar-refractivity contribution in [3.05, 3.63) is 62.9 Å². The molecule has 0 fully saturated rings. The van der Waals surface area contributed by atoms with Gasteiger partial charge in [0.05, 0.1) is 10.4 Å². The lowest BCUT2D eigenvalue weighted by Crippen LogP contribution is -2.29. The molecule has 0 saturated carbocycles. The molecule has 2 aromatic carbocycles. The van der Waals surface area contributed by atoms with Crippen LogP contribution in [0.3, 0.4) is 0 Å². The predicted octanol–water partition coefficient (Wildman–Crippen LogP) is 4.53. The fraction of sp³-hybridized carbons (Fsp3) is 0.188. The Bertz CT molecular complexity index is 756. The van der Waals surface area contributed by atoms with Crippen LogP contribution in [-0.4, -0.2) is 10.9 Å². The van der Waals surface area contributed by atoms with Gasteiger partial charge in [-0.05, 0) is 42.7 Å². The quantitative estimate of drug-likeness (QED) is 0.836. The van der Waals surface area contributed by atoms with E-state index in [0.29, 0.717) is 23.1 Å². The summed E-state index contributed by atoms with van der Waals surface area (Å²) in [4.78, 5) is 12.8. The summed E-state index contributed by atoms with van der Waals surface area (Å²) in [5, 5.41) is 9.80. The third kappa shape index (κ3) is 2.03. The van der Waals surface area contributed by atoms with Crippen LogP contribution in [0, 0.1) is 5.82 Å². The summed E-state index contributed by atoms with van der Waals surface area (Å²) >= 11 is 12.0. The van der Waals surface area contributed by atoms with Crippen LogP contribution in [0.25, 0.3) is 0 Å². The molecule has 0 spiro atoms. The average molecular weight is 325 g/mol. The number of halogens is 3. The predicted molar refractivity (Wildman–Crippen MR) is 79.9 cm³/mol. The van der Waals surface area contributed by atoms with Gasteiger partial charge in [0.1, 0.15) is 16.6 Å². The molecule has 108 valence electrons. The van der Waals surface area contributed by atoms with Crippen LogP contribution in [0.5, 0.6) is 5.75 Å². The number of fused-ring (bicyclic) bond motifs is 1. The van der Waals surface area contributed by atoms with Crippen molar-refractivity contribution in [2.24, 2.45) is 0 Å². The van der Waals surface area contributed by atoms with E-state index in [2.05, 4.69) is 0 Å². The van der Waals surface area contributed by atoms with E-state index in [-0.39, 0.29) is 27.4 Å². The summed E-state index contributed by atoms with van der Waals surface area (Å²) in [6.07, 6.45) is 0.386. The summed E-state index contributed by atoms with van der Waals surface area (Å²) < 4.78 is 13.1. The van der Waals surface area contributed by atoms with Crippen molar-refractivity contribution in [2.45, 2.75) is 18.8 Å². The average Bonchev–Trinajstić information content (AvgIpc) is 2.70. The first-order valence-corrected chi connectivity index (χ1v) is 7.11. The lowest BCUT2D eigenvalue weighted by Gasteiger charge is -2.22. The fourth-order valence-corrected chi connectivity index (χ4v) is 3.29. The molecule has 0 heterocycles. The van der Waals surface area contributed by atoms with Crippen LogP contribution in [0.1, 0.15) is 28.4 Å². The largest absolute Gasteiger partial charge is 0.506 e. The molecular weight excluding hydrogens is 314 g/mol. The second-order valence-electron chi connectivity index (χ2n) is 5.40. The number of phenolic OH excluding ortho intramolecular Hbond substituents is 1. The molecule has 5 heteroatoms. The number of ketones is 1. The number of carbonyl (C=O) groups excluding carboxylic acids is 1. The highest BCUT2D eigenvalue weighted by atomic mass is 35.5. The monoisotopic (exact) mass is 324 g/mol. The van der Waals surface area contributed by atoms with Crippen LogP contribution in [0.15, 0.2) is 30.3 Å². The zero-order valence-corrected chi connectivity index (χ0v) is 12.6. The Labute approximate surface area is 131 Å². The van der Waals surface area contributed by atoms with Crippen molar-refractivity contribution in [2.75, 3.05) is 0 Å². The Kier molecular flexibility index (Phi) is 3.23. The maximum absolute atomic E-state index is 13.1. The van der Waals surface area contributed by atoms with Gasteiger partial charge in [-0.1, -0.05) is 35.3 Å². The summed E-state index contributed by atoms with van der Waals surface area (Å²) in [6.45, 7) is 1.78. The molecule has 0 radical (unpaired) electrons. The number of hydrogen-bond donors (Lipinski definition) is 1. The van der Waals surface area contributed by atoms with Crippen molar-refractivity contribution in [1.82, 2.24) is 0 Å². The van der Waals surface area contributed by atoms with Gasteiger partial charge in [0, 0.05) is 5.56 Å². The Morgan fingerprint density at radius 1 is 1.19 bits per heavy atom. The standard InChI is InChI=1S/C16H11Cl2FO2/c1-16(9-2-4-10(19)5-3-9)7-8-6-11(20)13(17)14(18)12(8)15(16)21/h2-6,20H,7H2,1H3/t16-/m1/s1. The lowest BCUT2D eigenvalue weighted by atomic mass is 9.79. The Balaban J connectivity index is 2.16. The van der Waals surface area contributed by atoms with Gasteiger partial charge < -0.3 is 5.11 Å². The molecule has 0 bridgehead atoms. The highest BCUT2D eigenvalue weighted by Crippen LogP contribution is 2.46. The second kappa shape index (κ2) is 4.72. The van der Waals surface area contributed by atoms with E-state index in [0.717, 1.165) is 0 Å². The van der Waals surface area contributed by atoms with E-state index < -0.39 is 5.41 Å². The maximum atomic E-state index is 13.1. The van der Waals surface area contributed by atoms with Crippen LogP contribution in [-0.2, 0) is 11.8 Å². The van der Waals surface area contributed by atoms with Crippen molar-refractivity contribution in [1.29, 1.82) is 0 Å². The minimum atomic E-state index is -0.837. The van der Waals surface area contributed by atoms with Gasteiger partial charge in [-0.25, -0.2) is 4.39 Å². The first-order valence-electron chi connectivity index (χ1n) is 6.35. The van der Waals surface area contributed by atoms with Crippen molar-refractivity contribution in [3.63, 3.8) is 0 Å². The van der Waals surface area contributed by atoms with Gasteiger partial charge >= 0.3 is 0 Å². The summed E-state index contributed by atoms with van der Waals surface area (Å²) in [7, 11) is 0. The molecule has 1 atom stereocenters. The van der Waals surface area contributed by atoms with E-state index in [1.807, 2.05) is 0 Å². The fourth-order valence-electron chi connectivity index (χ4n) is 2.84. The SMILES string of the molecule is C[C@]1(c2ccc(F)cc2)Cc2cc(O)c(Cl)c(Cl)c2C1=O. The Morgan fingerprint density at radius 2 is 1.81 bits per heavy atom. The zero-order valence-electron chi connectivity index (χ0n) is 11.1. The molecule has 2 aromatic rings. The molecule has 2 nitrogen and oxygen atoms in total. The molecule has 0 amide bonds. The summed E-state index contributed by atoms with van der Waals surface area (Å²) in [5.74, 6) is -0.670. The minimum absolute atomic E-state index is 0.0212. The third-order valence-electron chi connectivity index (χ3n) is 4.02. The maximum Gasteiger partial charge on any atom is 0.175 e. The van der Waals surface area contributed by atoms with E-state index in [1.165, 1.54) is 18.2 Å². The second-order valence-corrected chi connectivity index (χ2v) is 6.16. The van der Waals surface area contributed by atoms with Gasteiger partial charge in [-0.3, -0.25) is 4.79 Å². The van der Waals surface area contributed by atoms with Crippen LogP contribution < -0.4 is 0 Å². The minimum Gasteiger partial charge on any atom is -0.506 e. The highest BCUT2D eigenvalue weighted by Gasteiger charge is 2.45. The molecule has 21 heavy (non-hydrogen) atoms. The van der Waals surface area contributed by atoms with Crippen molar-refractivity contribution < 1.29 is 14.3 Å². The summed E-state index contributed by atoms with van der Waals surface area (Å²) in [6, 6.07) is 7.30. The number of Topliss-reactive ketones (excluding diaryl/α,β-unsaturated/α-hetero) is 1. The molecule has 1 aliphatic carbocycles. The van der Waals surface area contributed by atoms with Gasteiger partial charge in [0.15, 0.2) is 5.78 Å². The molecule has 0 aliphatic heterocycles. The van der Waals surface area contributed by atoms with E-state index >= 15 is 0 Å². The molecule has 0 saturated heterocycles. The number of aromatic hydroxyl groups is 1. The topological polar surface area (TPSA) is 37.3 Å². The number of carbonyl (C=O) groups is 1.